The van der Waals surface area contributed by atoms with Gasteiger partial charge >= 0.3 is 0 Å². The van der Waals surface area contributed by atoms with Crippen molar-refractivity contribution < 1.29 is 0 Å². The van der Waals surface area contributed by atoms with Crippen molar-refractivity contribution in [1.29, 1.82) is 21.0 Å². The highest BCUT2D eigenvalue weighted by atomic mass is 14.4. The quantitative estimate of drug-likeness (QED) is 0.846. The third kappa shape index (κ3) is 2.85. The maximum Gasteiger partial charge on any atom is 0.0995 e. The molecule has 23 heavy (non-hydrogen) atoms. The average Bonchev–Trinajstić information content (AvgIpc) is 2.62. The second-order valence-corrected chi connectivity index (χ2v) is 5.45. The number of nitriles is 4. The summed E-state index contributed by atoms with van der Waals surface area (Å²) in [5.41, 5.74) is 1.39. The van der Waals surface area contributed by atoms with Crippen LogP contribution in [0.15, 0.2) is 42.0 Å². The Morgan fingerprint density at radius 3 is 2.39 bits per heavy atom. The fraction of sp³-hybridized carbons (Fsp3) is 0.263. The van der Waals surface area contributed by atoms with E-state index in [1.807, 2.05) is 13.0 Å². The van der Waals surface area contributed by atoms with E-state index in [-0.39, 0.29) is 5.92 Å². The van der Waals surface area contributed by atoms with E-state index in [0.29, 0.717) is 29.5 Å². The molecule has 2 unspecified atom stereocenters. The number of allylic oxidation sites excluding steroid dienone is 4. The van der Waals surface area contributed by atoms with Crippen LogP contribution in [0.3, 0.4) is 0 Å². The van der Waals surface area contributed by atoms with E-state index in [1.54, 1.807) is 36.4 Å². The summed E-state index contributed by atoms with van der Waals surface area (Å²) in [6.45, 7) is 1.97. The maximum atomic E-state index is 9.78. The first kappa shape index (κ1) is 16.0. The van der Waals surface area contributed by atoms with Crippen molar-refractivity contribution in [2.75, 3.05) is 0 Å². The second kappa shape index (κ2) is 6.62. The minimum absolute atomic E-state index is 0.178. The molecule has 0 N–H and O–H groups in total. The Kier molecular flexibility index (Phi) is 4.61. The molecule has 1 aromatic rings. The molecule has 4 nitrogen and oxygen atoms in total. The molecule has 0 aromatic heterocycles. The van der Waals surface area contributed by atoms with Gasteiger partial charge in [-0.2, -0.15) is 21.0 Å². The van der Waals surface area contributed by atoms with Gasteiger partial charge in [0.1, 0.15) is 0 Å². The summed E-state index contributed by atoms with van der Waals surface area (Å²) in [7, 11) is 0. The average molecular weight is 298 g/mol. The molecule has 4 heteroatoms. The molecule has 0 radical (unpaired) electrons. The first-order valence-corrected chi connectivity index (χ1v) is 7.29. The van der Waals surface area contributed by atoms with Crippen molar-refractivity contribution in [3.8, 4) is 24.3 Å². The van der Waals surface area contributed by atoms with Crippen LogP contribution >= 0.6 is 0 Å². The molecule has 0 amide bonds. The van der Waals surface area contributed by atoms with Crippen molar-refractivity contribution in [2.45, 2.75) is 25.7 Å². The zero-order chi connectivity index (χ0) is 16.9. The zero-order valence-electron chi connectivity index (χ0n) is 12.7. The van der Waals surface area contributed by atoms with Crippen LogP contribution in [0.2, 0.25) is 0 Å². The van der Waals surface area contributed by atoms with E-state index in [4.69, 9.17) is 10.5 Å². The highest BCUT2D eigenvalue weighted by Gasteiger charge is 2.38. The van der Waals surface area contributed by atoms with Gasteiger partial charge in [0.2, 0.25) is 0 Å². The van der Waals surface area contributed by atoms with Gasteiger partial charge in [0, 0.05) is 11.5 Å². The molecule has 0 fully saturated rings. The highest BCUT2D eigenvalue weighted by Crippen LogP contribution is 2.45. The van der Waals surface area contributed by atoms with Crippen molar-refractivity contribution in [1.82, 2.24) is 0 Å². The number of benzene rings is 1. The number of rotatable bonds is 3. The fourth-order valence-electron chi connectivity index (χ4n) is 3.04. The van der Waals surface area contributed by atoms with Crippen molar-refractivity contribution in [2.24, 2.45) is 5.41 Å². The van der Waals surface area contributed by atoms with Crippen LogP contribution in [-0.2, 0) is 0 Å². The Hall–Kier alpha value is -3.34. The standard InChI is InChI=1S/C19H14N4/c1-2-18(17-4-3-15(11-21)9-16(17)12-22)19(13-23)7-5-14(10-20)6-8-19/h3-7,9,18H,2,8H2,1H3. The Balaban J connectivity index is 2.53. The summed E-state index contributed by atoms with van der Waals surface area (Å²) in [4.78, 5) is 0. The van der Waals surface area contributed by atoms with Gasteiger partial charge in [0.15, 0.2) is 0 Å². The lowest BCUT2D eigenvalue weighted by molar-refractivity contribution is 0.387. The van der Waals surface area contributed by atoms with Crippen LogP contribution in [0.5, 0.6) is 0 Å². The van der Waals surface area contributed by atoms with E-state index in [0.717, 1.165) is 5.56 Å². The lowest BCUT2D eigenvalue weighted by Gasteiger charge is -2.33. The van der Waals surface area contributed by atoms with Crippen LogP contribution in [0.1, 0.15) is 42.4 Å². The molecule has 0 spiro atoms. The van der Waals surface area contributed by atoms with Crippen LogP contribution < -0.4 is 0 Å². The molecule has 1 aromatic carbocycles. The molecule has 0 bridgehead atoms. The minimum Gasteiger partial charge on any atom is -0.197 e. The summed E-state index contributed by atoms with van der Waals surface area (Å²) in [6.07, 6.45) is 6.33. The largest absolute Gasteiger partial charge is 0.197 e. The fourth-order valence-corrected chi connectivity index (χ4v) is 3.04. The third-order valence-electron chi connectivity index (χ3n) is 4.27. The summed E-state index contributed by atoms with van der Waals surface area (Å²) >= 11 is 0. The Bertz CT molecular complexity index is 849. The zero-order valence-corrected chi connectivity index (χ0v) is 12.7. The van der Waals surface area contributed by atoms with Crippen LogP contribution in [-0.4, -0.2) is 0 Å². The lowest BCUT2D eigenvalue weighted by Crippen LogP contribution is -2.27. The minimum atomic E-state index is -0.783. The summed E-state index contributed by atoms with van der Waals surface area (Å²) in [5.74, 6) is -0.178. The summed E-state index contributed by atoms with van der Waals surface area (Å²) < 4.78 is 0. The first-order chi connectivity index (χ1) is 11.1. The van der Waals surface area contributed by atoms with E-state index >= 15 is 0 Å². The van der Waals surface area contributed by atoms with Gasteiger partial charge in [-0.1, -0.05) is 25.1 Å². The molecule has 0 saturated heterocycles. The van der Waals surface area contributed by atoms with Crippen LogP contribution in [0, 0.1) is 50.7 Å². The molecule has 0 aliphatic heterocycles. The predicted octanol–water partition coefficient (Wildman–Crippen LogP) is 3.84. The second-order valence-electron chi connectivity index (χ2n) is 5.45. The Morgan fingerprint density at radius 1 is 1.13 bits per heavy atom. The molecular formula is C19H14N4. The van der Waals surface area contributed by atoms with E-state index in [2.05, 4.69) is 18.2 Å². The molecule has 0 saturated carbocycles. The van der Waals surface area contributed by atoms with Gasteiger partial charge in [-0.05, 0) is 36.6 Å². The van der Waals surface area contributed by atoms with Gasteiger partial charge in [-0.25, -0.2) is 0 Å². The topological polar surface area (TPSA) is 95.2 Å². The SMILES string of the molecule is CCC(c1ccc(C#N)cc1C#N)C1(C#N)C=CC(C#N)=CC1. The monoisotopic (exact) mass is 298 g/mol. The van der Waals surface area contributed by atoms with E-state index in [9.17, 15) is 10.5 Å². The molecule has 0 heterocycles. The molecule has 2 rings (SSSR count). The maximum absolute atomic E-state index is 9.78. The predicted molar refractivity (Wildman–Crippen MR) is 84.4 cm³/mol. The van der Waals surface area contributed by atoms with Gasteiger partial charge < -0.3 is 0 Å². The van der Waals surface area contributed by atoms with Crippen molar-refractivity contribution >= 4 is 0 Å². The first-order valence-electron chi connectivity index (χ1n) is 7.29. The van der Waals surface area contributed by atoms with E-state index in [1.165, 1.54) is 0 Å². The number of hydrogen-bond acceptors (Lipinski definition) is 4. The molecular weight excluding hydrogens is 284 g/mol. The van der Waals surface area contributed by atoms with Crippen molar-refractivity contribution in [3.05, 3.63) is 58.7 Å². The number of nitrogens with zero attached hydrogens (tertiary/aromatic N) is 4. The van der Waals surface area contributed by atoms with Gasteiger partial charge in [0.05, 0.1) is 40.8 Å². The Morgan fingerprint density at radius 2 is 1.91 bits per heavy atom. The van der Waals surface area contributed by atoms with E-state index < -0.39 is 5.41 Å². The summed E-state index contributed by atoms with van der Waals surface area (Å²) in [6, 6.07) is 13.6. The van der Waals surface area contributed by atoms with Gasteiger partial charge in [-0.15, -0.1) is 0 Å². The lowest BCUT2D eigenvalue weighted by atomic mass is 9.67. The van der Waals surface area contributed by atoms with Crippen LogP contribution in [0.4, 0.5) is 0 Å². The molecule has 2 atom stereocenters. The van der Waals surface area contributed by atoms with Crippen molar-refractivity contribution in [3.63, 3.8) is 0 Å². The molecule has 1 aliphatic carbocycles. The smallest absolute Gasteiger partial charge is 0.0995 e. The molecule has 110 valence electrons. The summed E-state index contributed by atoms with van der Waals surface area (Å²) in [5, 5.41) is 37.1. The normalized spacial score (nSPS) is 20.3. The van der Waals surface area contributed by atoms with Crippen LogP contribution in [0.25, 0.3) is 0 Å². The Labute approximate surface area is 135 Å². The van der Waals surface area contributed by atoms with Gasteiger partial charge in [0.25, 0.3) is 0 Å². The number of hydrogen-bond donors (Lipinski definition) is 0. The van der Waals surface area contributed by atoms with Gasteiger partial charge in [-0.3, -0.25) is 0 Å². The molecule has 1 aliphatic rings. The highest BCUT2D eigenvalue weighted by molar-refractivity contribution is 5.49. The third-order valence-corrected chi connectivity index (χ3v) is 4.27.